The predicted molar refractivity (Wildman–Crippen MR) is 147 cm³/mol. The third-order valence-electron chi connectivity index (χ3n) is 5.24. The van der Waals surface area contributed by atoms with Gasteiger partial charge in [-0.05, 0) is 0 Å². The molecule has 0 spiro atoms. The second kappa shape index (κ2) is 11.2. The maximum atomic E-state index is 4.88. The number of hydrogen-bond acceptors (Lipinski definition) is 6. The molecule has 0 fully saturated rings. The van der Waals surface area contributed by atoms with Gasteiger partial charge < -0.3 is 0 Å². The third-order valence-corrected chi connectivity index (χ3v) is 24.7. The Labute approximate surface area is 209 Å². The summed E-state index contributed by atoms with van der Waals surface area (Å²) < 4.78 is 4.11. The number of nitrogens with one attached hydrogen (secondary N) is 2. The zero-order valence-corrected chi connectivity index (χ0v) is 23.7. The van der Waals surface area contributed by atoms with Crippen LogP contribution in [-0.2, 0) is 0 Å². The SMILES string of the molecule is CC(C)Nc1nc(NC(C)C)nc([S][Sn]([c]2ccccc2)([c]2ccccc2)[c]2ccccc2)n1. The van der Waals surface area contributed by atoms with Crippen molar-refractivity contribution in [2.75, 3.05) is 10.6 Å². The number of hydrogen-bond donors (Lipinski definition) is 2. The Morgan fingerprint density at radius 3 is 1.24 bits per heavy atom. The van der Waals surface area contributed by atoms with E-state index in [1.807, 2.05) is 8.95 Å². The number of rotatable bonds is 9. The van der Waals surface area contributed by atoms with E-state index >= 15 is 0 Å². The molecule has 4 aromatic rings. The van der Waals surface area contributed by atoms with E-state index < -0.39 is 17.0 Å². The number of nitrogens with zero attached hydrogens (tertiary/aromatic N) is 3. The van der Waals surface area contributed by atoms with Crippen molar-refractivity contribution in [1.29, 1.82) is 0 Å². The molecule has 0 amide bonds. The maximum absolute atomic E-state index is 4.88. The van der Waals surface area contributed by atoms with Crippen molar-refractivity contribution >= 4 is 48.6 Å². The van der Waals surface area contributed by atoms with Crippen LogP contribution in [0.25, 0.3) is 0 Å². The molecule has 0 radical (unpaired) electrons. The standard InChI is InChI=1S/C9H17N5S.3C6H5.Sn/c1-5(2)10-7-12-8(11-6(3)4)14-9(15)13-7;3*1-2-4-6-5-3-1;/h5-6H,1-4H3,(H3,10,11,12,13,14,15);3*1-5H;/q;;;;+1/p-1. The van der Waals surface area contributed by atoms with Crippen molar-refractivity contribution in [3.05, 3.63) is 91.0 Å². The van der Waals surface area contributed by atoms with Crippen LogP contribution in [0.5, 0.6) is 0 Å². The summed E-state index contributed by atoms with van der Waals surface area (Å²) in [5, 5.41) is 7.49. The minimum absolute atomic E-state index is 0.220. The average molecular weight is 576 g/mol. The van der Waals surface area contributed by atoms with Crippen LogP contribution in [0.2, 0.25) is 0 Å². The molecule has 174 valence electrons. The summed E-state index contributed by atoms with van der Waals surface area (Å²) in [4.78, 5) is 14.4. The van der Waals surface area contributed by atoms with E-state index in [1.54, 1.807) is 0 Å². The summed E-state index contributed by atoms with van der Waals surface area (Å²) >= 11 is -3.62. The molecule has 7 heteroatoms. The molecule has 0 saturated carbocycles. The zero-order chi connectivity index (χ0) is 24.0. The molecule has 0 saturated heterocycles. The van der Waals surface area contributed by atoms with Gasteiger partial charge in [0, 0.05) is 0 Å². The van der Waals surface area contributed by atoms with Crippen LogP contribution in [0.4, 0.5) is 11.9 Å². The van der Waals surface area contributed by atoms with E-state index in [2.05, 4.69) is 134 Å². The van der Waals surface area contributed by atoms with Crippen LogP contribution in [0.3, 0.4) is 0 Å². The Balaban J connectivity index is 1.93. The molecule has 0 aliphatic rings. The Morgan fingerprint density at radius 1 is 0.559 bits per heavy atom. The Hall–Kier alpha value is -2.58. The topological polar surface area (TPSA) is 62.7 Å². The van der Waals surface area contributed by atoms with Gasteiger partial charge in [-0.2, -0.15) is 0 Å². The summed E-state index contributed by atoms with van der Waals surface area (Å²) in [6.07, 6.45) is 0. The summed E-state index contributed by atoms with van der Waals surface area (Å²) in [5.41, 5.74) is 0. The normalized spacial score (nSPS) is 11.6. The van der Waals surface area contributed by atoms with Crippen molar-refractivity contribution in [2.45, 2.75) is 44.9 Å². The average Bonchev–Trinajstić information content (AvgIpc) is 2.83. The molecule has 4 rings (SSSR count). The Kier molecular flexibility index (Phi) is 8.11. The number of benzene rings is 3. The second-order valence-electron chi connectivity index (χ2n) is 8.74. The fraction of sp³-hybridized carbons (Fsp3) is 0.222. The van der Waals surface area contributed by atoms with Gasteiger partial charge in [-0.25, -0.2) is 0 Å². The monoisotopic (exact) mass is 577 g/mol. The molecule has 0 atom stereocenters. The van der Waals surface area contributed by atoms with Crippen LogP contribution in [0, 0.1) is 0 Å². The van der Waals surface area contributed by atoms with Gasteiger partial charge >= 0.3 is 210 Å². The first-order valence-electron chi connectivity index (χ1n) is 11.6. The zero-order valence-electron chi connectivity index (χ0n) is 20.1. The van der Waals surface area contributed by atoms with Crippen LogP contribution in [0.1, 0.15) is 27.7 Å². The molecular formula is C27H31N5SSn. The summed E-state index contributed by atoms with van der Waals surface area (Å²) in [6, 6.07) is 33.1. The Bertz CT molecular complexity index is 1060. The fourth-order valence-corrected chi connectivity index (χ4v) is 22.2. The van der Waals surface area contributed by atoms with Gasteiger partial charge in [0.1, 0.15) is 0 Å². The molecule has 1 heterocycles. The van der Waals surface area contributed by atoms with Gasteiger partial charge in [-0.3, -0.25) is 0 Å². The van der Waals surface area contributed by atoms with Crippen molar-refractivity contribution < 1.29 is 0 Å². The Morgan fingerprint density at radius 2 is 0.912 bits per heavy atom. The molecule has 0 aliphatic carbocycles. The second-order valence-corrected chi connectivity index (χ2v) is 24.0. The summed E-state index contributed by atoms with van der Waals surface area (Å²) in [5.74, 6) is 1.20. The van der Waals surface area contributed by atoms with E-state index in [0.717, 1.165) is 5.16 Å². The molecule has 3 aromatic carbocycles. The van der Waals surface area contributed by atoms with Gasteiger partial charge in [-0.1, -0.05) is 0 Å². The van der Waals surface area contributed by atoms with Crippen molar-refractivity contribution in [3.63, 3.8) is 0 Å². The van der Waals surface area contributed by atoms with Crippen LogP contribution >= 0.6 is 8.95 Å². The van der Waals surface area contributed by atoms with Gasteiger partial charge in [0.25, 0.3) is 0 Å². The molecule has 34 heavy (non-hydrogen) atoms. The van der Waals surface area contributed by atoms with E-state index in [9.17, 15) is 0 Å². The fourth-order valence-electron chi connectivity index (χ4n) is 3.88. The van der Waals surface area contributed by atoms with Crippen molar-refractivity contribution in [2.24, 2.45) is 0 Å². The molecule has 1 aromatic heterocycles. The van der Waals surface area contributed by atoms with Gasteiger partial charge in [-0.15, -0.1) is 0 Å². The minimum atomic E-state index is -3.62. The van der Waals surface area contributed by atoms with Crippen LogP contribution < -0.4 is 21.4 Å². The molecular weight excluding hydrogens is 545 g/mol. The molecule has 2 N–H and O–H groups in total. The molecule has 0 aliphatic heterocycles. The van der Waals surface area contributed by atoms with E-state index in [1.165, 1.54) is 10.7 Å². The first kappa shape index (κ1) is 24.5. The van der Waals surface area contributed by atoms with Gasteiger partial charge in [0.2, 0.25) is 0 Å². The first-order chi connectivity index (χ1) is 16.5. The van der Waals surface area contributed by atoms with Crippen molar-refractivity contribution in [3.8, 4) is 0 Å². The number of anilines is 2. The third kappa shape index (κ3) is 5.73. The quantitative estimate of drug-likeness (QED) is 0.291. The predicted octanol–water partition coefficient (Wildman–Crippen LogP) is 4.27. The van der Waals surface area contributed by atoms with Crippen molar-refractivity contribution in [1.82, 2.24) is 15.0 Å². The van der Waals surface area contributed by atoms with Gasteiger partial charge in [0.05, 0.1) is 0 Å². The van der Waals surface area contributed by atoms with E-state index in [0.29, 0.717) is 11.9 Å². The van der Waals surface area contributed by atoms with Gasteiger partial charge in [0.15, 0.2) is 0 Å². The van der Waals surface area contributed by atoms with Crippen LogP contribution in [-0.4, -0.2) is 44.0 Å². The van der Waals surface area contributed by atoms with E-state index in [4.69, 9.17) is 9.97 Å². The summed E-state index contributed by atoms with van der Waals surface area (Å²) in [6.45, 7) is 8.36. The number of aromatic nitrogens is 3. The molecule has 0 bridgehead atoms. The molecule has 5 nitrogen and oxygen atoms in total. The molecule has 0 unspecified atom stereocenters. The summed E-state index contributed by atoms with van der Waals surface area (Å²) in [7, 11) is 1.85. The van der Waals surface area contributed by atoms with E-state index in [-0.39, 0.29) is 12.1 Å². The first-order valence-corrected chi connectivity index (χ1v) is 20.2. The van der Waals surface area contributed by atoms with Crippen LogP contribution in [0.15, 0.2) is 96.2 Å².